The number of hydrogen-bond donors (Lipinski definition) is 1. The second kappa shape index (κ2) is 9.89. The van der Waals surface area contributed by atoms with Crippen LogP contribution in [0.25, 0.3) is 5.76 Å². The first kappa shape index (κ1) is 24.2. The van der Waals surface area contributed by atoms with Crippen molar-refractivity contribution in [1.82, 2.24) is 0 Å². The van der Waals surface area contributed by atoms with Crippen molar-refractivity contribution < 1.29 is 28.9 Å². The highest BCUT2D eigenvalue weighted by Crippen LogP contribution is 2.44. The van der Waals surface area contributed by atoms with Crippen LogP contribution in [0, 0.1) is 0 Å². The maximum Gasteiger partial charge on any atom is 0.300 e. The fraction of sp³-hybridized carbons (Fsp3) is 0.241. The van der Waals surface area contributed by atoms with Gasteiger partial charge in [-0.15, -0.1) is 0 Å². The molecule has 1 amide bonds. The number of rotatable bonds is 7. The standard InChI is InChI=1S/C29H28N2O6/c1-4-30(5-2)20-10-12-21(13-11-20)31-26(18-7-6-8-22(15-18)35-3)25(28(33)29(31)34)27(32)19-9-14-23-24(16-19)37-17-36-23/h6-16,26,32H,4-5,17H2,1-3H3/b27-25-. The number of hydrogen-bond acceptors (Lipinski definition) is 7. The molecule has 2 aliphatic rings. The Bertz CT molecular complexity index is 1380. The van der Waals surface area contributed by atoms with E-state index >= 15 is 0 Å². The largest absolute Gasteiger partial charge is 0.507 e. The summed E-state index contributed by atoms with van der Waals surface area (Å²) in [7, 11) is 1.55. The van der Waals surface area contributed by atoms with Crippen LogP contribution < -0.4 is 24.0 Å². The fourth-order valence-electron chi connectivity index (χ4n) is 4.84. The van der Waals surface area contributed by atoms with Gasteiger partial charge in [-0.2, -0.15) is 0 Å². The first-order valence-corrected chi connectivity index (χ1v) is 12.2. The van der Waals surface area contributed by atoms with Gasteiger partial charge in [0.05, 0.1) is 18.7 Å². The van der Waals surface area contributed by atoms with Crippen LogP contribution in [0.5, 0.6) is 17.2 Å². The predicted molar refractivity (Wildman–Crippen MR) is 140 cm³/mol. The van der Waals surface area contributed by atoms with E-state index in [4.69, 9.17) is 14.2 Å². The maximum absolute atomic E-state index is 13.5. The monoisotopic (exact) mass is 500 g/mol. The quantitative estimate of drug-likeness (QED) is 0.281. The SMILES string of the molecule is CCN(CC)c1ccc(N2C(=O)C(=O)/C(=C(\O)c3ccc4c(c3)OCO4)C2c2cccc(OC)c2)cc1. The molecule has 0 radical (unpaired) electrons. The molecule has 0 bridgehead atoms. The molecule has 1 unspecified atom stereocenters. The second-order valence-corrected chi connectivity index (χ2v) is 8.70. The van der Waals surface area contributed by atoms with Gasteiger partial charge in [-0.1, -0.05) is 12.1 Å². The van der Waals surface area contributed by atoms with Crippen molar-refractivity contribution in [2.24, 2.45) is 0 Å². The summed E-state index contributed by atoms with van der Waals surface area (Å²) in [5.74, 6) is -0.186. The van der Waals surface area contributed by atoms with E-state index in [2.05, 4.69) is 18.7 Å². The van der Waals surface area contributed by atoms with E-state index in [1.54, 1.807) is 43.5 Å². The molecule has 3 aromatic rings. The summed E-state index contributed by atoms with van der Waals surface area (Å²) in [6, 6.07) is 18.7. The maximum atomic E-state index is 13.5. The number of ketones is 1. The minimum atomic E-state index is -0.861. The highest BCUT2D eigenvalue weighted by Gasteiger charge is 2.47. The molecule has 0 saturated carbocycles. The van der Waals surface area contributed by atoms with Crippen LogP contribution in [0.4, 0.5) is 11.4 Å². The number of aliphatic hydroxyl groups excluding tert-OH is 1. The van der Waals surface area contributed by atoms with Gasteiger partial charge in [0.15, 0.2) is 11.5 Å². The Hall–Kier alpha value is -4.46. The molecule has 3 aromatic carbocycles. The number of carbonyl (C=O) groups is 2. The Kier molecular flexibility index (Phi) is 6.48. The van der Waals surface area contributed by atoms with Crippen molar-refractivity contribution in [1.29, 1.82) is 0 Å². The number of benzene rings is 3. The second-order valence-electron chi connectivity index (χ2n) is 8.70. The van der Waals surface area contributed by atoms with Gasteiger partial charge in [0.2, 0.25) is 6.79 Å². The van der Waals surface area contributed by atoms with Crippen molar-refractivity contribution in [3.63, 3.8) is 0 Å². The molecule has 0 aliphatic carbocycles. The molecule has 1 saturated heterocycles. The van der Waals surface area contributed by atoms with Crippen LogP contribution in [0.2, 0.25) is 0 Å². The molecule has 190 valence electrons. The smallest absolute Gasteiger partial charge is 0.300 e. The zero-order valence-electron chi connectivity index (χ0n) is 20.9. The van der Waals surface area contributed by atoms with Crippen LogP contribution in [0.1, 0.15) is 31.0 Å². The van der Waals surface area contributed by atoms with Crippen molar-refractivity contribution >= 4 is 28.8 Å². The van der Waals surface area contributed by atoms with Gasteiger partial charge >= 0.3 is 0 Å². The number of Topliss-reactive ketones (excluding diaryl/α,β-unsaturated/α-hetero) is 1. The third-order valence-electron chi connectivity index (χ3n) is 6.76. The van der Waals surface area contributed by atoms with Crippen LogP contribution in [-0.2, 0) is 9.59 Å². The number of ether oxygens (including phenoxy) is 3. The van der Waals surface area contributed by atoms with Gasteiger partial charge in [-0.05, 0) is 74.0 Å². The lowest BCUT2D eigenvalue weighted by Crippen LogP contribution is -2.29. The Morgan fingerprint density at radius 3 is 2.43 bits per heavy atom. The van der Waals surface area contributed by atoms with E-state index in [1.165, 1.54) is 4.90 Å². The highest BCUT2D eigenvalue weighted by molar-refractivity contribution is 6.51. The van der Waals surface area contributed by atoms with Crippen molar-refractivity contribution in [3.8, 4) is 17.2 Å². The summed E-state index contributed by atoms with van der Waals surface area (Å²) >= 11 is 0. The van der Waals surface area contributed by atoms with E-state index in [9.17, 15) is 14.7 Å². The van der Waals surface area contributed by atoms with E-state index in [1.807, 2.05) is 30.3 Å². The highest BCUT2D eigenvalue weighted by atomic mass is 16.7. The number of aliphatic hydroxyl groups is 1. The van der Waals surface area contributed by atoms with E-state index in [0.29, 0.717) is 34.1 Å². The van der Waals surface area contributed by atoms with Crippen LogP contribution in [0.3, 0.4) is 0 Å². The Morgan fingerprint density at radius 1 is 1.00 bits per heavy atom. The van der Waals surface area contributed by atoms with Gasteiger partial charge in [0.1, 0.15) is 11.5 Å². The molecule has 37 heavy (non-hydrogen) atoms. The molecule has 0 aromatic heterocycles. The number of methoxy groups -OCH3 is 1. The van der Waals surface area contributed by atoms with E-state index in [0.717, 1.165) is 18.8 Å². The Balaban J connectivity index is 1.65. The van der Waals surface area contributed by atoms with Gasteiger partial charge in [0.25, 0.3) is 11.7 Å². The average molecular weight is 501 g/mol. The van der Waals surface area contributed by atoms with E-state index < -0.39 is 17.7 Å². The predicted octanol–water partition coefficient (Wildman–Crippen LogP) is 4.90. The molecule has 2 aliphatic heterocycles. The molecular weight excluding hydrogens is 472 g/mol. The topological polar surface area (TPSA) is 88.5 Å². The average Bonchev–Trinajstić information content (AvgIpc) is 3.51. The van der Waals surface area contributed by atoms with E-state index in [-0.39, 0.29) is 18.1 Å². The zero-order chi connectivity index (χ0) is 26.1. The molecule has 8 nitrogen and oxygen atoms in total. The van der Waals surface area contributed by atoms with Gasteiger partial charge in [-0.25, -0.2) is 0 Å². The molecule has 5 rings (SSSR count). The summed E-state index contributed by atoms with van der Waals surface area (Å²) in [6.45, 7) is 5.93. The molecule has 0 spiro atoms. The summed E-state index contributed by atoms with van der Waals surface area (Å²) in [5.41, 5.74) is 2.55. The van der Waals surface area contributed by atoms with Crippen molar-refractivity contribution in [2.45, 2.75) is 19.9 Å². The summed E-state index contributed by atoms with van der Waals surface area (Å²) in [5, 5.41) is 11.4. The molecule has 1 atom stereocenters. The Morgan fingerprint density at radius 2 is 1.73 bits per heavy atom. The number of amides is 1. The number of fused-ring (bicyclic) bond motifs is 1. The molecule has 8 heteroatoms. The normalized spacial score (nSPS) is 17.8. The molecule has 1 N–H and O–H groups in total. The van der Waals surface area contributed by atoms with Crippen LogP contribution >= 0.6 is 0 Å². The summed E-state index contributed by atoms with van der Waals surface area (Å²) < 4.78 is 16.2. The lowest BCUT2D eigenvalue weighted by atomic mass is 9.95. The fourth-order valence-corrected chi connectivity index (χ4v) is 4.84. The number of anilines is 2. The Labute approximate surface area is 215 Å². The molecule has 1 fully saturated rings. The lowest BCUT2D eigenvalue weighted by molar-refractivity contribution is -0.132. The number of carbonyl (C=O) groups excluding carboxylic acids is 2. The lowest BCUT2D eigenvalue weighted by Gasteiger charge is -2.27. The van der Waals surface area contributed by atoms with Crippen LogP contribution in [0.15, 0.2) is 72.3 Å². The van der Waals surface area contributed by atoms with Gasteiger partial charge < -0.3 is 24.2 Å². The summed E-state index contributed by atoms with van der Waals surface area (Å²) in [4.78, 5) is 30.5. The minimum absolute atomic E-state index is 0.00932. The van der Waals surface area contributed by atoms with Crippen molar-refractivity contribution in [2.75, 3.05) is 36.8 Å². The van der Waals surface area contributed by atoms with Gasteiger partial charge in [-0.3, -0.25) is 14.5 Å². The first-order valence-electron chi connectivity index (χ1n) is 12.2. The third-order valence-corrected chi connectivity index (χ3v) is 6.76. The first-order chi connectivity index (χ1) is 18.0. The number of nitrogens with zero attached hydrogens (tertiary/aromatic N) is 2. The minimum Gasteiger partial charge on any atom is -0.507 e. The zero-order valence-corrected chi connectivity index (χ0v) is 20.9. The van der Waals surface area contributed by atoms with Crippen LogP contribution in [-0.4, -0.2) is 43.8 Å². The third kappa shape index (κ3) is 4.24. The summed E-state index contributed by atoms with van der Waals surface area (Å²) in [6.07, 6.45) is 0. The molecule has 2 heterocycles. The molecular formula is C29H28N2O6. The van der Waals surface area contributed by atoms with Gasteiger partial charge in [0, 0.05) is 30.0 Å². The van der Waals surface area contributed by atoms with Crippen molar-refractivity contribution in [3.05, 3.63) is 83.4 Å².